The lowest BCUT2D eigenvalue weighted by Gasteiger charge is -2.36. The first-order valence-electron chi connectivity index (χ1n) is 23.4. The molecule has 0 spiro atoms. The van der Waals surface area contributed by atoms with Gasteiger partial charge in [0.15, 0.2) is 0 Å². The van der Waals surface area contributed by atoms with Gasteiger partial charge in [-0.1, -0.05) is 79.9 Å². The van der Waals surface area contributed by atoms with Crippen molar-refractivity contribution in [3.63, 3.8) is 0 Å². The fourth-order valence-corrected chi connectivity index (χ4v) is 8.55. The highest BCUT2D eigenvalue weighted by molar-refractivity contribution is 5.87. The fourth-order valence-electron chi connectivity index (χ4n) is 8.55. The molecule has 1 aliphatic carbocycles. The standard InChI is InChI=1S/C25H36N6O2.C23H35N5O3/c32-24(23-18-26-14-16-31(23)25(33)29-21-9-5-2-6-10-21)28-13-11-22-17-27-19-30(22)15-12-20-7-3-1-4-8-20;1-23(2,3)31-22(30)27-14-12-25-20(16-27)21(29)26-11-9-19-15-24-17-28(19)13-10-18-7-5-4-6-8-18/h1,3-4,7-8,17,19,21,23,26H,2,5-6,9-16,18H2,(H,28,32)(H,29,33);4-8,17,19-20,25H,9-16H2,1-3H3,(H,26,29)/t23-;19?,20-/m11/s1. The van der Waals surface area contributed by atoms with E-state index in [1.54, 1.807) is 9.80 Å². The average molecular weight is 882 g/mol. The summed E-state index contributed by atoms with van der Waals surface area (Å²) in [6, 6.07) is 20.4. The minimum absolute atomic E-state index is 0.0805. The summed E-state index contributed by atoms with van der Waals surface area (Å²) in [7, 11) is 0. The van der Waals surface area contributed by atoms with Crippen molar-refractivity contribution >= 4 is 30.3 Å². The number of carbonyl (C=O) groups excluding carboxylic acids is 4. The molecule has 3 atom stereocenters. The minimum Gasteiger partial charge on any atom is -0.444 e. The quantitative estimate of drug-likeness (QED) is 0.152. The predicted octanol–water partition coefficient (Wildman–Crippen LogP) is 3.76. The van der Waals surface area contributed by atoms with Crippen LogP contribution in [0, 0.1) is 0 Å². The highest BCUT2D eigenvalue weighted by Gasteiger charge is 2.34. The Morgan fingerprint density at radius 3 is 2.25 bits per heavy atom. The number of imidazole rings is 1. The molecule has 5 N–H and O–H groups in total. The van der Waals surface area contributed by atoms with E-state index >= 15 is 0 Å². The molecule has 3 aliphatic heterocycles. The van der Waals surface area contributed by atoms with Gasteiger partial charge in [0.25, 0.3) is 0 Å². The van der Waals surface area contributed by atoms with Crippen LogP contribution in [0.15, 0.2) is 78.2 Å². The number of aliphatic imine (C=N–C) groups is 1. The van der Waals surface area contributed by atoms with Gasteiger partial charge in [-0.3, -0.25) is 14.6 Å². The maximum atomic E-state index is 12.9. The number of piperazine rings is 2. The number of benzene rings is 2. The van der Waals surface area contributed by atoms with E-state index in [1.165, 1.54) is 30.4 Å². The molecule has 0 radical (unpaired) electrons. The predicted molar refractivity (Wildman–Crippen MR) is 249 cm³/mol. The normalized spacial score (nSPS) is 20.2. The second-order valence-corrected chi connectivity index (χ2v) is 18.2. The summed E-state index contributed by atoms with van der Waals surface area (Å²) in [5.41, 5.74) is 3.16. The number of urea groups is 1. The Morgan fingerprint density at radius 1 is 0.828 bits per heavy atom. The lowest BCUT2D eigenvalue weighted by molar-refractivity contribution is -0.126. The van der Waals surface area contributed by atoms with Crippen LogP contribution >= 0.6 is 0 Å². The van der Waals surface area contributed by atoms with Crippen molar-refractivity contribution in [2.45, 2.75) is 115 Å². The largest absolute Gasteiger partial charge is 0.444 e. The summed E-state index contributed by atoms with van der Waals surface area (Å²) in [4.78, 5) is 65.0. The van der Waals surface area contributed by atoms with E-state index in [-0.39, 0.29) is 30.0 Å². The van der Waals surface area contributed by atoms with Crippen LogP contribution in [-0.2, 0) is 40.1 Å². The number of nitrogens with zero attached hydrogens (tertiary/aromatic N) is 6. The molecule has 1 aromatic heterocycles. The fraction of sp³-hybridized carbons (Fsp3) is 0.583. The molecular weight excluding hydrogens is 811 g/mol. The van der Waals surface area contributed by atoms with Crippen molar-refractivity contribution in [1.82, 2.24) is 50.8 Å². The van der Waals surface area contributed by atoms with Gasteiger partial charge in [0.05, 0.1) is 25.3 Å². The Labute approximate surface area is 379 Å². The number of nitrogens with one attached hydrogen (secondary N) is 5. The van der Waals surface area contributed by atoms with Crippen LogP contribution in [0.3, 0.4) is 0 Å². The van der Waals surface area contributed by atoms with Gasteiger partial charge in [-0.05, 0) is 64.0 Å². The maximum Gasteiger partial charge on any atom is 0.410 e. The molecule has 16 heteroatoms. The first kappa shape index (κ1) is 48.0. The van der Waals surface area contributed by atoms with Gasteiger partial charge in [0.1, 0.15) is 17.7 Å². The summed E-state index contributed by atoms with van der Waals surface area (Å²) >= 11 is 0. The highest BCUT2D eigenvalue weighted by Crippen LogP contribution is 2.19. The number of amides is 5. The zero-order valence-corrected chi connectivity index (χ0v) is 38.2. The van der Waals surface area contributed by atoms with Crippen molar-refractivity contribution in [2.24, 2.45) is 4.99 Å². The van der Waals surface area contributed by atoms with E-state index < -0.39 is 17.7 Å². The van der Waals surface area contributed by atoms with Crippen molar-refractivity contribution in [3.8, 4) is 0 Å². The number of aromatic nitrogens is 2. The van der Waals surface area contributed by atoms with Gasteiger partial charge < -0.3 is 50.6 Å². The Morgan fingerprint density at radius 2 is 1.53 bits per heavy atom. The van der Waals surface area contributed by atoms with Crippen LogP contribution in [0.4, 0.5) is 9.59 Å². The number of rotatable bonds is 15. The van der Waals surface area contributed by atoms with Gasteiger partial charge in [0.2, 0.25) is 11.8 Å². The minimum atomic E-state index is -0.546. The van der Waals surface area contributed by atoms with E-state index in [2.05, 4.69) is 94.6 Å². The number of ether oxygens (including phenoxy) is 1. The molecular formula is C48H71N11O5. The topological polar surface area (TPSA) is 178 Å². The number of hydrogen-bond donors (Lipinski definition) is 5. The highest BCUT2D eigenvalue weighted by atomic mass is 16.6. The summed E-state index contributed by atoms with van der Waals surface area (Å²) in [6.45, 7) is 12.3. The maximum absolute atomic E-state index is 12.9. The number of aryl methyl sites for hydroxylation is 2. The third-order valence-corrected chi connectivity index (χ3v) is 12.1. The molecule has 348 valence electrons. The summed E-state index contributed by atoms with van der Waals surface area (Å²) in [5.74, 6) is -0.181. The van der Waals surface area contributed by atoms with Crippen LogP contribution in [0.5, 0.6) is 0 Å². The molecule has 4 aliphatic rings. The lowest BCUT2D eigenvalue weighted by atomic mass is 9.96. The van der Waals surface area contributed by atoms with Crippen molar-refractivity contribution in [3.05, 3.63) is 90.0 Å². The second kappa shape index (κ2) is 24.5. The van der Waals surface area contributed by atoms with Crippen molar-refractivity contribution in [2.75, 3.05) is 65.4 Å². The van der Waals surface area contributed by atoms with E-state index in [1.807, 2.05) is 51.8 Å². The number of hydrogen-bond acceptors (Lipinski definition) is 10. The van der Waals surface area contributed by atoms with Gasteiger partial charge in [-0.25, -0.2) is 14.6 Å². The second-order valence-electron chi connectivity index (χ2n) is 18.2. The van der Waals surface area contributed by atoms with E-state index in [4.69, 9.17) is 4.74 Å². The van der Waals surface area contributed by atoms with Gasteiger partial charge in [-0.15, -0.1) is 0 Å². The molecule has 2 aromatic carbocycles. The molecule has 64 heavy (non-hydrogen) atoms. The van der Waals surface area contributed by atoms with Crippen LogP contribution in [0.25, 0.3) is 0 Å². The van der Waals surface area contributed by atoms with Gasteiger partial charge >= 0.3 is 12.1 Å². The third kappa shape index (κ3) is 15.4. The average Bonchev–Trinajstić information content (AvgIpc) is 3.97. The molecule has 3 fully saturated rings. The smallest absolute Gasteiger partial charge is 0.410 e. The summed E-state index contributed by atoms with van der Waals surface area (Å²) in [5, 5.41) is 15.7. The van der Waals surface area contributed by atoms with Crippen molar-refractivity contribution in [1.29, 1.82) is 0 Å². The molecule has 5 amide bonds. The molecule has 1 unspecified atom stereocenters. The summed E-state index contributed by atoms with van der Waals surface area (Å²) in [6.07, 6.45) is 14.4. The Balaban J connectivity index is 0.000000213. The molecule has 1 saturated carbocycles. The first-order valence-corrected chi connectivity index (χ1v) is 23.4. The zero-order valence-electron chi connectivity index (χ0n) is 38.2. The zero-order chi connectivity index (χ0) is 45.2. The van der Waals surface area contributed by atoms with Crippen molar-refractivity contribution < 1.29 is 23.9 Å². The van der Waals surface area contributed by atoms with E-state index in [0.29, 0.717) is 64.8 Å². The molecule has 7 rings (SSSR count). The van der Waals surface area contributed by atoms with Gasteiger partial charge in [-0.2, -0.15) is 0 Å². The van der Waals surface area contributed by atoms with Crippen LogP contribution in [0.1, 0.15) is 76.1 Å². The molecule has 3 aromatic rings. The molecule has 2 saturated heterocycles. The molecule has 16 nitrogen and oxygen atoms in total. The van der Waals surface area contributed by atoms with E-state index in [9.17, 15) is 19.2 Å². The molecule has 0 bridgehead atoms. The first-order chi connectivity index (χ1) is 31.0. The van der Waals surface area contributed by atoms with Crippen LogP contribution in [-0.4, -0.2) is 150 Å². The third-order valence-electron chi connectivity index (χ3n) is 12.1. The molecule has 4 heterocycles. The lowest BCUT2D eigenvalue weighted by Crippen LogP contribution is -2.62. The Kier molecular flexibility index (Phi) is 18.4. The van der Waals surface area contributed by atoms with Crippen LogP contribution < -0.4 is 26.6 Å². The summed E-state index contributed by atoms with van der Waals surface area (Å²) < 4.78 is 7.57. The Hall–Kier alpha value is -5.48. The SMILES string of the molecule is CC(C)(C)OC(=O)N1CCN[C@@H](C(=O)NCCC2CN=CN2CCc2ccccc2)C1.O=C(NCCc1cncn1CCc1ccccc1)[C@H]1CNCCN1C(=O)NC1CCCCC1. The monoisotopic (exact) mass is 882 g/mol. The van der Waals surface area contributed by atoms with E-state index in [0.717, 1.165) is 57.4 Å². The van der Waals surface area contributed by atoms with Gasteiger partial charge in [0, 0.05) is 89.8 Å². The Bertz CT molecular complexity index is 1930. The number of carbonyl (C=O) groups is 4. The van der Waals surface area contributed by atoms with Crippen LogP contribution in [0.2, 0.25) is 0 Å².